The molecule has 1 spiro atoms. The van der Waals surface area contributed by atoms with Gasteiger partial charge in [0.05, 0.1) is 12.3 Å². The molecule has 1 atom stereocenters. The molecular weight excluding hydrogens is 351 g/mol. The largest absolute Gasteiger partial charge is 0.484 e. The second-order valence-corrected chi connectivity index (χ2v) is 7.07. The average Bonchev–Trinajstić information content (AvgIpc) is 3.27. The molecule has 1 amide bonds. The van der Waals surface area contributed by atoms with Gasteiger partial charge >= 0.3 is 12.1 Å². The fraction of sp³-hybridized carbons (Fsp3) is 0.556. The number of benzene rings is 1. The van der Waals surface area contributed by atoms with Crippen LogP contribution in [0.1, 0.15) is 24.8 Å². The maximum atomic E-state index is 12.4. The molecule has 2 fully saturated rings. The van der Waals surface area contributed by atoms with E-state index in [1.165, 1.54) is 12.1 Å². The topological polar surface area (TPSA) is 66.8 Å². The van der Waals surface area contributed by atoms with Gasteiger partial charge in [0, 0.05) is 13.1 Å². The Hall–Kier alpha value is -2.25. The van der Waals surface area contributed by atoms with Gasteiger partial charge in [-0.25, -0.2) is 0 Å². The highest BCUT2D eigenvalue weighted by molar-refractivity contribution is 5.79. The lowest BCUT2D eigenvalue weighted by Crippen LogP contribution is -2.40. The van der Waals surface area contributed by atoms with E-state index in [0.717, 1.165) is 0 Å². The monoisotopic (exact) mass is 371 g/mol. The molecule has 142 valence electrons. The smallest absolute Gasteiger partial charge is 0.422 e. The highest BCUT2D eigenvalue weighted by atomic mass is 19.4. The van der Waals surface area contributed by atoms with E-state index in [9.17, 15) is 22.8 Å². The van der Waals surface area contributed by atoms with E-state index in [4.69, 9.17) is 9.84 Å². The average molecular weight is 371 g/mol. The molecule has 0 bridgehead atoms. The lowest BCUT2D eigenvalue weighted by Gasteiger charge is -2.32. The number of carbonyl (C=O) groups excluding carboxylic acids is 1. The van der Waals surface area contributed by atoms with Crippen molar-refractivity contribution in [1.82, 2.24) is 4.90 Å². The Morgan fingerprint density at radius 2 is 1.96 bits per heavy atom. The number of alkyl halides is 3. The van der Waals surface area contributed by atoms with Gasteiger partial charge in [0.25, 0.3) is 0 Å². The van der Waals surface area contributed by atoms with Crippen molar-refractivity contribution in [3.05, 3.63) is 29.8 Å². The van der Waals surface area contributed by atoms with E-state index < -0.39 is 18.8 Å². The SMILES string of the molecule is O=C(O)C1CC12CCN(C(=O)Cc1cccc(OCC(F)(F)F)c1)CC2. The fourth-order valence-corrected chi connectivity index (χ4v) is 3.65. The van der Waals surface area contributed by atoms with Crippen LogP contribution in [0.15, 0.2) is 24.3 Å². The third-order valence-corrected chi connectivity index (χ3v) is 5.26. The molecule has 1 N–H and O–H groups in total. The summed E-state index contributed by atoms with van der Waals surface area (Å²) in [7, 11) is 0. The number of carboxylic acid groups (broad SMARTS) is 1. The van der Waals surface area contributed by atoms with Crippen molar-refractivity contribution < 1.29 is 32.6 Å². The molecule has 2 aliphatic rings. The zero-order valence-corrected chi connectivity index (χ0v) is 14.1. The first kappa shape index (κ1) is 18.5. The van der Waals surface area contributed by atoms with Crippen molar-refractivity contribution in [2.45, 2.75) is 31.9 Å². The molecule has 26 heavy (non-hydrogen) atoms. The second-order valence-electron chi connectivity index (χ2n) is 7.07. The van der Waals surface area contributed by atoms with Crippen molar-refractivity contribution >= 4 is 11.9 Å². The first-order valence-corrected chi connectivity index (χ1v) is 8.48. The molecular formula is C18H20F3NO4. The minimum atomic E-state index is -4.41. The second kappa shape index (κ2) is 6.81. The van der Waals surface area contributed by atoms with Crippen LogP contribution in [0.4, 0.5) is 13.2 Å². The lowest BCUT2D eigenvalue weighted by atomic mass is 9.90. The Labute approximate surface area is 148 Å². The van der Waals surface area contributed by atoms with Gasteiger partial charge in [-0.3, -0.25) is 9.59 Å². The number of amides is 1. The molecule has 1 saturated carbocycles. The maximum absolute atomic E-state index is 12.4. The van der Waals surface area contributed by atoms with Gasteiger partial charge in [0.1, 0.15) is 5.75 Å². The fourth-order valence-electron chi connectivity index (χ4n) is 3.65. The maximum Gasteiger partial charge on any atom is 0.422 e. The van der Waals surface area contributed by atoms with E-state index >= 15 is 0 Å². The number of halogens is 3. The van der Waals surface area contributed by atoms with Crippen LogP contribution in [-0.4, -0.2) is 47.8 Å². The van der Waals surface area contributed by atoms with Crippen LogP contribution in [0.2, 0.25) is 0 Å². The van der Waals surface area contributed by atoms with Crippen molar-refractivity contribution in [2.24, 2.45) is 11.3 Å². The molecule has 3 rings (SSSR count). The lowest BCUT2D eigenvalue weighted by molar-refractivity contribution is -0.153. The highest BCUT2D eigenvalue weighted by Gasteiger charge is 2.59. The normalized spacial score (nSPS) is 21.5. The Kier molecular flexibility index (Phi) is 4.86. The van der Waals surface area contributed by atoms with Gasteiger partial charge < -0.3 is 14.7 Å². The van der Waals surface area contributed by atoms with Crippen LogP contribution in [0.3, 0.4) is 0 Å². The van der Waals surface area contributed by atoms with Gasteiger partial charge in [-0.05, 0) is 42.4 Å². The molecule has 1 aliphatic heterocycles. The molecule has 1 heterocycles. The van der Waals surface area contributed by atoms with Crippen molar-refractivity contribution in [3.8, 4) is 5.75 Å². The zero-order chi connectivity index (χ0) is 18.9. The summed E-state index contributed by atoms with van der Waals surface area (Å²) in [6.45, 7) is -0.330. The Balaban J connectivity index is 1.52. The van der Waals surface area contributed by atoms with Crippen molar-refractivity contribution in [2.75, 3.05) is 19.7 Å². The van der Waals surface area contributed by atoms with Gasteiger partial charge in [0.2, 0.25) is 5.91 Å². The summed E-state index contributed by atoms with van der Waals surface area (Å²) in [5.41, 5.74) is 0.443. The number of aliphatic carboxylic acids is 1. The van der Waals surface area contributed by atoms with Crippen LogP contribution >= 0.6 is 0 Å². The molecule has 0 aromatic heterocycles. The minimum absolute atomic E-state index is 0.0764. The van der Waals surface area contributed by atoms with Crippen LogP contribution in [0.5, 0.6) is 5.75 Å². The van der Waals surface area contributed by atoms with E-state index in [0.29, 0.717) is 37.9 Å². The predicted octanol–water partition coefficient (Wildman–Crippen LogP) is 2.88. The number of likely N-dealkylation sites (tertiary alicyclic amines) is 1. The van der Waals surface area contributed by atoms with Crippen LogP contribution in [0.25, 0.3) is 0 Å². The molecule has 5 nitrogen and oxygen atoms in total. The third-order valence-electron chi connectivity index (χ3n) is 5.26. The van der Waals surface area contributed by atoms with Crippen LogP contribution in [0, 0.1) is 11.3 Å². The number of piperidine rings is 1. The molecule has 8 heteroatoms. The highest BCUT2D eigenvalue weighted by Crippen LogP contribution is 2.59. The summed E-state index contributed by atoms with van der Waals surface area (Å²) >= 11 is 0. The molecule has 1 aromatic carbocycles. The summed E-state index contributed by atoms with van der Waals surface area (Å²) in [5, 5.41) is 9.10. The van der Waals surface area contributed by atoms with Crippen LogP contribution in [-0.2, 0) is 16.0 Å². The van der Waals surface area contributed by atoms with E-state index in [2.05, 4.69) is 0 Å². The predicted molar refractivity (Wildman–Crippen MR) is 85.7 cm³/mol. The summed E-state index contributed by atoms with van der Waals surface area (Å²) in [6.07, 6.45) is -2.28. The van der Waals surface area contributed by atoms with Crippen molar-refractivity contribution in [1.29, 1.82) is 0 Å². The van der Waals surface area contributed by atoms with Gasteiger partial charge in [-0.15, -0.1) is 0 Å². The van der Waals surface area contributed by atoms with E-state index in [1.807, 2.05) is 0 Å². The first-order valence-electron chi connectivity index (χ1n) is 8.48. The van der Waals surface area contributed by atoms with Crippen molar-refractivity contribution in [3.63, 3.8) is 0 Å². The van der Waals surface area contributed by atoms with E-state index in [-0.39, 0.29) is 29.4 Å². The summed E-state index contributed by atoms with van der Waals surface area (Å²) < 4.78 is 41.4. The van der Waals surface area contributed by atoms with Gasteiger partial charge in [-0.2, -0.15) is 13.2 Å². The molecule has 0 radical (unpaired) electrons. The molecule has 1 saturated heterocycles. The number of hydrogen-bond donors (Lipinski definition) is 1. The number of carbonyl (C=O) groups is 2. The molecule has 1 aliphatic carbocycles. The van der Waals surface area contributed by atoms with Gasteiger partial charge in [0.15, 0.2) is 6.61 Å². The standard InChI is InChI=1S/C18H20F3NO4/c19-18(20,21)11-26-13-3-1-2-12(8-13)9-15(23)22-6-4-17(5-7-22)10-14(17)16(24)25/h1-3,8,14H,4-7,9-11H2,(H,24,25). The van der Waals surface area contributed by atoms with Crippen LogP contribution < -0.4 is 4.74 Å². The number of nitrogens with zero attached hydrogens (tertiary/aromatic N) is 1. The quantitative estimate of drug-likeness (QED) is 0.864. The Morgan fingerprint density at radius 1 is 1.27 bits per heavy atom. The summed E-state index contributed by atoms with van der Waals surface area (Å²) in [5.74, 6) is -1.09. The minimum Gasteiger partial charge on any atom is -0.484 e. The number of hydrogen-bond acceptors (Lipinski definition) is 3. The summed E-state index contributed by atoms with van der Waals surface area (Å²) in [4.78, 5) is 25.2. The zero-order valence-electron chi connectivity index (χ0n) is 14.1. The Bertz CT molecular complexity index is 696. The number of ether oxygens (including phenoxy) is 1. The number of rotatable bonds is 5. The molecule has 1 aromatic rings. The van der Waals surface area contributed by atoms with E-state index in [1.54, 1.807) is 17.0 Å². The first-order chi connectivity index (χ1) is 12.2. The molecule has 1 unspecified atom stereocenters. The third kappa shape index (κ3) is 4.28. The number of carboxylic acids is 1. The summed E-state index contributed by atoms with van der Waals surface area (Å²) in [6, 6.07) is 6.09. The Morgan fingerprint density at radius 3 is 2.54 bits per heavy atom. The van der Waals surface area contributed by atoms with Gasteiger partial charge in [-0.1, -0.05) is 12.1 Å².